The second-order valence-corrected chi connectivity index (χ2v) is 7.01. The molecule has 19 heavy (non-hydrogen) atoms. The summed E-state index contributed by atoms with van der Waals surface area (Å²) in [6.07, 6.45) is 2.45. The predicted octanol–water partition coefficient (Wildman–Crippen LogP) is 3.91. The van der Waals surface area contributed by atoms with Gasteiger partial charge < -0.3 is 11.1 Å². The van der Waals surface area contributed by atoms with E-state index in [0.717, 1.165) is 39.5 Å². The molecule has 0 atom stereocenters. The molecule has 0 radical (unpaired) electrons. The summed E-state index contributed by atoms with van der Waals surface area (Å²) in [5, 5.41) is 2.93. The topological polar surface area (TPSA) is 55.1 Å². The van der Waals surface area contributed by atoms with Gasteiger partial charge in [-0.3, -0.25) is 4.79 Å². The highest BCUT2D eigenvalue weighted by Gasteiger charge is 2.47. The van der Waals surface area contributed by atoms with Crippen molar-refractivity contribution in [1.29, 1.82) is 0 Å². The molecule has 3 nitrogen and oxygen atoms in total. The summed E-state index contributed by atoms with van der Waals surface area (Å²) < 4.78 is 1.68. The van der Waals surface area contributed by atoms with Crippen molar-refractivity contribution < 1.29 is 4.79 Å². The number of aryl methyl sites for hydroxylation is 1. The van der Waals surface area contributed by atoms with Crippen LogP contribution in [0.2, 0.25) is 0 Å². The van der Waals surface area contributed by atoms with E-state index in [1.54, 1.807) is 0 Å². The number of thiocarbonyl (C=S) groups is 1. The van der Waals surface area contributed by atoms with Crippen LogP contribution in [0.5, 0.6) is 0 Å². The maximum absolute atomic E-state index is 12.4. The number of amides is 1. The molecule has 0 spiro atoms. The number of halogens is 2. The highest BCUT2D eigenvalue weighted by molar-refractivity contribution is 9.11. The van der Waals surface area contributed by atoms with Crippen molar-refractivity contribution >= 4 is 60.7 Å². The average molecular weight is 406 g/mol. The fraction of sp³-hybridized carbons (Fsp3) is 0.385. The van der Waals surface area contributed by atoms with E-state index in [9.17, 15) is 4.79 Å². The Kier molecular flexibility index (Phi) is 4.32. The summed E-state index contributed by atoms with van der Waals surface area (Å²) >= 11 is 12.0. The average Bonchev–Trinajstić information content (AvgIpc) is 2.20. The largest absolute Gasteiger partial charge is 0.392 e. The number of hydrogen-bond donors (Lipinski definition) is 2. The minimum absolute atomic E-state index is 0.114. The molecule has 1 aliphatic rings. The van der Waals surface area contributed by atoms with E-state index >= 15 is 0 Å². The van der Waals surface area contributed by atoms with Crippen molar-refractivity contribution in [2.24, 2.45) is 11.1 Å². The van der Waals surface area contributed by atoms with Crippen molar-refractivity contribution in [1.82, 2.24) is 0 Å². The van der Waals surface area contributed by atoms with Crippen LogP contribution in [-0.2, 0) is 4.79 Å². The van der Waals surface area contributed by atoms with E-state index in [2.05, 4.69) is 37.2 Å². The molecular weight excluding hydrogens is 392 g/mol. The molecule has 0 bridgehead atoms. The van der Waals surface area contributed by atoms with Gasteiger partial charge in [0.25, 0.3) is 0 Å². The van der Waals surface area contributed by atoms with Crippen molar-refractivity contribution in [3.8, 4) is 0 Å². The Morgan fingerprint density at radius 1 is 1.37 bits per heavy atom. The molecule has 0 unspecified atom stereocenters. The molecule has 3 N–H and O–H groups in total. The van der Waals surface area contributed by atoms with Crippen molar-refractivity contribution in [3.05, 3.63) is 26.6 Å². The van der Waals surface area contributed by atoms with E-state index in [0.29, 0.717) is 0 Å². The number of rotatable bonds is 3. The number of carbonyl (C=O) groups is 1. The van der Waals surface area contributed by atoms with Gasteiger partial charge in [0.2, 0.25) is 5.91 Å². The molecule has 0 heterocycles. The van der Waals surface area contributed by atoms with Gasteiger partial charge in [0.05, 0.1) is 16.1 Å². The first kappa shape index (κ1) is 14.9. The van der Waals surface area contributed by atoms with Gasteiger partial charge in [-0.1, -0.05) is 18.6 Å². The molecule has 1 amide bonds. The van der Waals surface area contributed by atoms with Crippen molar-refractivity contribution in [2.45, 2.75) is 26.2 Å². The molecule has 102 valence electrons. The van der Waals surface area contributed by atoms with Crippen LogP contribution in [0.3, 0.4) is 0 Å². The van der Waals surface area contributed by atoms with E-state index in [4.69, 9.17) is 18.0 Å². The highest BCUT2D eigenvalue weighted by atomic mass is 79.9. The first-order chi connectivity index (χ1) is 8.86. The molecule has 0 saturated heterocycles. The number of carbonyl (C=O) groups excluding carboxylic acids is 1. The minimum Gasteiger partial charge on any atom is -0.392 e. The molecule has 2 rings (SSSR count). The number of anilines is 1. The number of benzene rings is 1. The quantitative estimate of drug-likeness (QED) is 0.749. The lowest BCUT2D eigenvalue weighted by atomic mass is 9.68. The fourth-order valence-electron chi connectivity index (χ4n) is 2.17. The second kappa shape index (κ2) is 5.50. The first-order valence-corrected chi connectivity index (χ1v) is 7.93. The Morgan fingerprint density at radius 3 is 2.26 bits per heavy atom. The maximum atomic E-state index is 12.4. The van der Waals surface area contributed by atoms with Gasteiger partial charge in [-0.25, -0.2) is 0 Å². The number of nitrogens with two attached hydrogens (primary N) is 1. The van der Waals surface area contributed by atoms with Gasteiger partial charge in [0.1, 0.15) is 0 Å². The zero-order valence-electron chi connectivity index (χ0n) is 10.4. The lowest BCUT2D eigenvalue weighted by molar-refractivity contribution is -0.125. The lowest BCUT2D eigenvalue weighted by Gasteiger charge is -2.39. The molecule has 0 aliphatic heterocycles. The molecule has 6 heteroatoms. The summed E-state index contributed by atoms with van der Waals surface area (Å²) in [7, 11) is 0. The van der Waals surface area contributed by atoms with Gasteiger partial charge in [-0.2, -0.15) is 0 Å². The van der Waals surface area contributed by atoms with Crippen LogP contribution < -0.4 is 11.1 Å². The summed E-state index contributed by atoms with van der Waals surface area (Å²) in [5.74, 6) is -0.114. The Hall–Kier alpha value is -0.460. The van der Waals surface area contributed by atoms with Crippen molar-refractivity contribution in [2.75, 3.05) is 5.32 Å². The summed E-state index contributed by atoms with van der Waals surface area (Å²) in [6.45, 7) is 1.99. The van der Waals surface area contributed by atoms with Crippen LogP contribution in [-0.4, -0.2) is 10.9 Å². The second-order valence-electron chi connectivity index (χ2n) is 4.86. The third-order valence-corrected chi connectivity index (χ3v) is 5.18. The van der Waals surface area contributed by atoms with Crippen LogP contribution in [0.15, 0.2) is 21.1 Å². The van der Waals surface area contributed by atoms with Crippen LogP contribution in [0.25, 0.3) is 0 Å². The summed E-state index contributed by atoms with van der Waals surface area (Å²) in [4.78, 5) is 12.7. The number of nitrogens with one attached hydrogen (secondary N) is 1. The van der Waals surface area contributed by atoms with E-state index < -0.39 is 5.41 Å². The van der Waals surface area contributed by atoms with Crippen LogP contribution in [0.1, 0.15) is 24.8 Å². The van der Waals surface area contributed by atoms with Gasteiger partial charge in [0.15, 0.2) is 0 Å². The summed E-state index contributed by atoms with van der Waals surface area (Å²) in [5.41, 5.74) is 6.89. The normalized spacial score (nSPS) is 16.6. The van der Waals surface area contributed by atoms with E-state index in [1.807, 2.05) is 19.1 Å². The Morgan fingerprint density at radius 2 is 1.89 bits per heavy atom. The van der Waals surface area contributed by atoms with Gasteiger partial charge in [0, 0.05) is 8.95 Å². The van der Waals surface area contributed by atoms with E-state index in [1.165, 1.54) is 0 Å². The molecule has 0 aromatic heterocycles. The highest BCUT2D eigenvalue weighted by Crippen LogP contribution is 2.43. The molecule has 1 saturated carbocycles. The third kappa shape index (κ3) is 2.71. The van der Waals surface area contributed by atoms with Gasteiger partial charge in [-0.15, -0.1) is 0 Å². The predicted molar refractivity (Wildman–Crippen MR) is 88.3 cm³/mol. The molecular formula is C13H14Br2N2OS. The lowest BCUT2D eigenvalue weighted by Crippen LogP contribution is -2.50. The Balaban J connectivity index is 2.27. The van der Waals surface area contributed by atoms with Crippen LogP contribution >= 0.6 is 44.1 Å². The number of hydrogen-bond acceptors (Lipinski definition) is 2. The standard InChI is InChI=1S/C13H14Br2N2OS/c1-7-5-8(14)10(9(15)6-7)17-12(18)13(11(16)19)3-2-4-13/h5-6H,2-4H2,1H3,(H2,16,19)(H,17,18). The molecule has 1 aliphatic carbocycles. The first-order valence-electron chi connectivity index (χ1n) is 5.94. The van der Waals surface area contributed by atoms with E-state index in [-0.39, 0.29) is 10.9 Å². The minimum atomic E-state index is -0.668. The monoisotopic (exact) mass is 404 g/mol. The van der Waals surface area contributed by atoms with Crippen molar-refractivity contribution in [3.63, 3.8) is 0 Å². The maximum Gasteiger partial charge on any atom is 0.237 e. The molecule has 1 aromatic rings. The Labute approximate surface area is 134 Å². The van der Waals surface area contributed by atoms with Crippen LogP contribution in [0, 0.1) is 12.3 Å². The summed E-state index contributed by atoms with van der Waals surface area (Å²) in [6, 6.07) is 3.91. The fourth-order valence-corrected chi connectivity index (χ4v) is 4.08. The SMILES string of the molecule is Cc1cc(Br)c(NC(=O)C2(C(N)=S)CCC2)c(Br)c1. The molecule has 1 fully saturated rings. The third-order valence-electron chi connectivity index (χ3n) is 3.54. The zero-order valence-corrected chi connectivity index (χ0v) is 14.4. The van der Waals surface area contributed by atoms with Gasteiger partial charge >= 0.3 is 0 Å². The molecule has 1 aromatic carbocycles. The Bertz CT molecular complexity index is 533. The zero-order chi connectivity index (χ0) is 14.2. The smallest absolute Gasteiger partial charge is 0.237 e. The van der Waals surface area contributed by atoms with Gasteiger partial charge in [-0.05, 0) is 69.3 Å². The van der Waals surface area contributed by atoms with Crippen LogP contribution in [0.4, 0.5) is 5.69 Å².